The van der Waals surface area contributed by atoms with Gasteiger partial charge in [-0.15, -0.1) is 0 Å². The number of nitrogens with two attached hydrogens (primary N) is 2. The van der Waals surface area contributed by atoms with Crippen LogP contribution in [0.1, 0.15) is 21.6 Å². The highest BCUT2D eigenvalue weighted by Crippen LogP contribution is 2.40. The quantitative estimate of drug-likeness (QED) is 0.452. The van der Waals surface area contributed by atoms with Crippen molar-refractivity contribution in [3.8, 4) is 0 Å². The van der Waals surface area contributed by atoms with E-state index in [-0.39, 0.29) is 11.1 Å². The van der Waals surface area contributed by atoms with Crippen molar-refractivity contribution in [1.82, 2.24) is 0 Å². The van der Waals surface area contributed by atoms with Crippen LogP contribution >= 0.6 is 0 Å². The Hall–Kier alpha value is -2.14. The first kappa shape index (κ1) is 18.2. The Labute approximate surface area is 139 Å². The monoisotopic (exact) mass is 372 g/mol. The van der Waals surface area contributed by atoms with Crippen molar-refractivity contribution in [3.63, 3.8) is 0 Å². The number of benzene rings is 2. The normalized spacial score (nSPS) is 14.9. The molecule has 130 valence electrons. The second-order valence-electron chi connectivity index (χ2n) is 5.20. The van der Waals surface area contributed by atoms with Crippen LogP contribution in [0.3, 0.4) is 0 Å². The summed E-state index contributed by atoms with van der Waals surface area (Å²) in [6.07, 6.45) is 0. The summed E-state index contributed by atoms with van der Waals surface area (Å²) in [4.78, 5) is 0. The predicted octanol–water partition coefficient (Wildman–Crippen LogP) is 1.41. The van der Waals surface area contributed by atoms with Crippen molar-refractivity contribution in [2.75, 3.05) is 11.5 Å². The molecule has 2 unspecified atom stereocenters. The lowest BCUT2D eigenvalue weighted by molar-refractivity contribution is 0.441. The van der Waals surface area contributed by atoms with Gasteiger partial charge in [-0.25, -0.2) is 0 Å². The first-order valence-electron chi connectivity index (χ1n) is 6.63. The molecule has 0 saturated carbocycles. The molecule has 6 N–H and O–H groups in total. The molecule has 0 radical (unpaired) electrons. The minimum atomic E-state index is -4.88. The molecule has 2 rings (SSSR count). The minimum Gasteiger partial charge on any atom is -0.399 e. The third-order valence-corrected chi connectivity index (χ3v) is 5.99. The van der Waals surface area contributed by atoms with Gasteiger partial charge in [0.25, 0.3) is 20.2 Å². The zero-order valence-electron chi connectivity index (χ0n) is 12.3. The van der Waals surface area contributed by atoms with E-state index < -0.39 is 30.7 Å². The van der Waals surface area contributed by atoms with E-state index in [0.29, 0.717) is 11.4 Å². The Balaban J connectivity index is 2.71. The van der Waals surface area contributed by atoms with Gasteiger partial charge < -0.3 is 11.5 Å². The Morgan fingerprint density at radius 2 is 0.875 bits per heavy atom. The van der Waals surface area contributed by atoms with Gasteiger partial charge in [0.2, 0.25) is 0 Å². The van der Waals surface area contributed by atoms with E-state index in [1.54, 1.807) is 0 Å². The maximum absolute atomic E-state index is 11.9. The molecule has 10 heteroatoms. The third kappa shape index (κ3) is 4.03. The zero-order chi connectivity index (χ0) is 18.1. The van der Waals surface area contributed by atoms with Crippen LogP contribution in [-0.4, -0.2) is 25.9 Å². The predicted molar refractivity (Wildman–Crippen MR) is 90.3 cm³/mol. The summed E-state index contributed by atoms with van der Waals surface area (Å²) in [6, 6.07) is 10.5. The number of nitrogen functional groups attached to an aromatic ring is 2. The average molecular weight is 372 g/mol. The van der Waals surface area contributed by atoms with Crippen molar-refractivity contribution in [2.24, 2.45) is 0 Å². The van der Waals surface area contributed by atoms with E-state index in [9.17, 15) is 25.9 Å². The van der Waals surface area contributed by atoms with Crippen molar-refractivity contribution in [1.29, 1.82) is 0 Å². The fraction of sp³-hybridized carbons (Fsp3) is 0.143. The average Bonchev–Trinajstić information content (AvgIpc) is 2.45. The van der Waals surface area contributed by atoms with Crippen molar-refractivity contribution in [2.45, 2.75) is 10.5 Å². The largest absolute Gasteiger partial charge is 0.399 e. The SMILES string of the molecule is Nc1ccc(C(C(c2ccc(N)cc2)S(=O)(=O)O)S(=O)(=O)O)cc1. The summed E-state index contributed by atoms with van der Waals surface area (Å²) < 4.78 is 66.7. The molecule has 0 amide bonds. The Bertz CT molecular complexity index is 843. The summed E-state index contributed by atoms with van der Waals surface area (Å²) in [7, 11) is -9.77. The van der Waals surface area contributed by atoms with Crippen LogP contribution in [0, 0.1) is 0 Å². The lowest BCUT2D eigenvalue weighted by Crippen LogP contribution is -2.26. The van der Waals surface area contributed by atoms with Crippen LogP contribution in [0.5, 0.6) is 0 Å². The summed E-state index contributed by atoms with van der Waals surface area (Å²) in [5.41, 5.74) is 11.6. The van der Waals surface area contributed by atoms with E-state index >= 15 is 0 Å². The van der Waals surface area contributed by atoms with Crippen molar-refractivity contribution >= 4 is 31.6 Å². The van der Waals surface area contributed by atoms with Gasteiger partial charge in [-0.2, -0.15) is 16.8 Å². The van der Waals surface area contributed by atoms with Gasteiger partial charge in [-0.1, -0.05) is 24.3 Å². The third-order valence-electron chi connectivity index (χ3n) is 3.45. The first-order chi connectivity index (χ1) is 11.0. The van der Waals surface area contributed by atoms with E-state index in [4.69, 9.17) is 11.5 Å². The molecule has 2 aromatic rings. The standard InChI is InChI=1S/C14H16N2O6S2/c15-11-5-1-9(2-6-11)13(23(17,18)19)14(24(20,21)22)10-3-7-12(16)8-4-10/h1-8,13-14H,15-16H2,(H,17,18,19)(H,20,21,22). The number of hydrogen-bond acceptors (Lipinski definition) is 6. The molecule has 0 aliphatic rings. The smallest absolute Gasteiger partial charge is 0.273 e. The highest BCUT2D eigenvalue weighted by atomic mass is 32.2. The Morgan fingerprint density at radius 1 is 0.625 bits per heavy atom. The second kappa shape index (κ2) is 6.40. The second-order valence-corrected chi connectivity index (χ2v) is 8.28. The fourth-order valence-corrected chi connectivity index (χ4v) is 5.16. The molecule has 0 saturated heterocycles. The molecule has 0 bridgehead atoms. The highest BCUT2D eigenvalue weighted by molar-refractivity contribution is 7.90. The molecule has 2 atom stereocenters. The van der Waals surface area contributed by atoms with Crippen molar-refractivity contribution < 1.29 is 25.9 Å². The van der Waals surface area contributed by atoms with E-state index in [0.717, 1.165) is 0 Å². The van der Waals surface area contributed by atoms with Crippen LogP contribution in [0.15, 0.2) is 48.5 Å². The molecule has 0 heterocycles. The number of hydrogen-bond donors (Lipinski definition) is 4. The Morgan fingerprint density at radius 3 is 1.08 bits per heavy atom. The zero-order valence-corrected chi connectivity index (χ0v) is 13.9. The van der Waals surface area contributed by atoms with Crippen LogP contribution in [0.25, 0.3) is 0 Å². The molecule has 0 aromatic heterocycles. The molecular weight excluding hydrogens is 356 g/mol. The van der Waals surface area contributed by atoms with Gasteiger partial charge in [0.1, 0.15) is 10.5 Å². The van der Waals surface area contributed by atoms with E-state index in [1.807, 2.05) is 0 Å². The van der Waals surface area contributed by atoms with E-state index in [2.05, 4.69) is 0 Å². The molecule has 0 aliphatic heterocycles. The summed E-state index contributed by atoms with van der Waals surface area (Å²) in [5, 5.41) is -3.87. The summed E-state index contributed by atoms with van der Waals surface area (Å²) in [5.74, 6) is 0. The minimum absolute atomic E-state index is 0.0360. The molecule has 0 spiro atoms. The Kier molecular flexibility index (Phi) is 4.85. The lowest BCUT2D eigenvalue weighted by atomic mass is 10.0. The molecule has 8 nitrogen and oxygen atoms in total. The maximum Gasteiger partial charge on any atom is 0.273 e. The summed E-state index contributed by atoms with van der Waals surface area (Å²) in [6.45, 7) is 0. The number of rotatable bonds is 5. The van der Waals surface area contributed by atoms with Gasteiger partial charge in [0.05, 0.1) is 0 Å². The lowest BCUT2D eigenvalue weighted by Gasteiger charge is -2.23. The van der Waals surface area contributed by atoms with E-state index in [1.165, 1.54) is 48.5 Å². The van der Waals surface area contributed by atoms with Gasteiger partial charge >= 0.3 is 0 Å². The van der Waals surface area contributed by atoms with Crippen LogP contribution in [0.2, 0.25) is 0 Å². The molecule has 24 heavy (non-hydrogen) atoms. The van der Waals surface area contributed by atoms with Gasteiger partial charge in [0.15, 0.2) is 0 Å². The molecule has 0 aliphatic carbocycles. The van der Waals surface area contributed by atoms with Gasteiger partial charge in [0, 0.05) is 11.4 Å². The van der Waals surface area contributed by atoms with Crippen molar-refractivity contribution in [3.05, 3.63) is 59.7 Å². The molecular formula is C14H16N2O6S2. The fourth-order valence-electron chi connectivity index (χ4n) is 2.38. The first-order valence-corrected chi connectivity index (χ1v) is 9.64. The molecule has 0 fully saturated rings. The van der Waals surface area contributed by atoms with Gasteiger partial charge in [-0.3, -0.25) is 9.11 Å². The molecule has 2 aromatic carbocycles. The maximum atomic E-state index is 11.9. The number of anilines is 2. The van der Waals surface area contributed by atoms with Gasteiger partial charge in [-0.05, 0) is 35.4 Å². The topological polar surface area (TPSA) is 161 Å². The van der Waals surface area contributed by atoms with Crippen LogP contribution in [-0.2, 0) is 20.2 Å². The van der Waals surface area contributed by atoms with Crippen LogP contribution < -0.4 is 11.5 Å². The summed E-state index contributed by atoms with van der Waals surface area (Å²) >= 11 is 0. The highest BCUT2D eigenvalue weighted by Gasteiger charge is 2.42. The van der Waals surface area contributed by atoms with Crippen LogP contribution in [0.4, 0.5) is 11.4 Å².